The molecule has 14 heteroatoms. The number of benzene rings is 1. The van der Waals surface area contributed by atoms with Crippen molar-refractivity contribution in [2.24, 2.45) is 0 Å². The zero-order chi connectivity index (χ0) is 32.6. The molecule has 2 fully saturated rings. The van der Waals surface area contributed by atoms with E-state index in [1.54, 1.807) is 13.1 Å². The Morgan fingerprint density at radius 2 is 1.96 bits per heavy atom. The van der Waals surface area contributed by atoms with Crippen molar-refractivity contribution in [1.29, 1.82) is 5.26 Å². The Morgan fingerprint density at radius 3 is 2.65 bits per heavy atom. The second kappa shape index (κ2) is 13.1. The first-order valence-electron chi connectivity index (χ1n) is 15.6. The molecule has 1 aromatic carbocycles. The Bertz CT molecular complexity index is 1790. The van der Waals surface area contributed by atoms with Crippen molar-refractivity contribution < 1.29 is 18.0 Å². The molecule has 2 aliphatic rings. The molecule has 4 aromatic rings. The number of halogens is 3. The van der Waals surface area contributed by atoms with Crippen LogP contribution in [-0.4, -0.2) is 88.3 Å². The predicted octanol–water partition coefficient (Wildman–Crippen LogP) is 4.87. The van der Waals surface area contributed by atoms with Gasteiger partial charge in [0, 0.05) is 74.2 Å². The fourth-order valence-corrected chi connectivity index (χ4v) is 7.64. The van der Waals surface area contributed by atoms with Gasteiger partial charge >= 0.3 is 6.18 Å². The van der Waals surface area contributed by atoms with Crippen LogP contribution in [0.25, 0.3) is 21.1 Å². The van der Waals surface area contributed by atoms with Crippen LogP contribution >= 0.6 is 11.3 Å². The van der Waals surface area contributed by atoms with E-state index in [9.17, 15) is 23.2 Å². The van der Waals surface area contributed by atoms with Crippen LogP contribution in [0.1, 0.15) is 41.5 Å². The highest BCUT2D eigenvalue weighted by atomic mass is 32.1. The second-order valence-corrected chi connectivity index (χ2v) is 13.3. The molecule has 1 atom stereocenters. The van der Waals surface area contributed by atoms with Crippen molar-refractivity contribution in [3.05, 3.63) is 46.0 Å². The first-order valence-corrected chi connectivity index (χ1v) is 16.4. The van der Waals surface area contributed by atoms with Gasteiger partial charge in [-0.15, -0.1) is 11.3 Å². The number of carbonyl (C=O) groups is 1. The highest BCUT2D eigenvalue weighted by Gasteiger charge is 2.30. The van der Waals surface area contributed by atoms with Gasteiger partial charge in [-0.05, 0) is 56.0 Å². The number of fused-ring (bicyclic) bond motifs is 2. The number of nitrogens with zero attached hydrogens (tertiary/aromatic N) is 6. The summed E-state index contributed by atoms with van der Waals surface area (Å²) in [5.41, 5.74) is 3.94. The number of aryl methyl sites for hydroxylation is 1. The lowest BCUT2D eigenvalue weighted by molar-refractivity contribution is -0.134. The highest BCUT2D eigenvalue weighted by Crippen LogP contribution is 2.35. The second-order valence-electron chi connectivity index (χ2n) is 12.2. The van der Waals surface area contributed by atoms with Gasteiger partial charge in [-0.25, -0.2) is 4.98 Å². The van der Waals surface area contributed by atoms with Crippen molar-refractivity contribution in [1.82, 2.24) is 29.7 Å². The topological polar surface area (TPSA) is 114 Å². The lowest BCUT2D eigenvalue weighted by Gasteiger charge is -2.33. The summed E-state index contributed by atoms with van der Waals surface area (Å²) < 4.78 is 41.2. The molecule has 0 saturated carbocycles. The first-order chi connectivity index (χ1) is 22.0. The number of anilines is 2. The number of nitriles is 1. The smallest absolute Gasteiger partial charge is 0.367 e. The minimum Gasteiger partial charge on any atom is -0.367 e. The van der Waals surface area contributed by atoms with E-state index in [0.29, 0.717) is 47.3 Å². The number of carbonyl (C=O) groups excluding carboxylic acids is 1. The summed E-state index contributed by atoms with van der Waals surface area (Å²) in [6.07, 6.45) is -3.54. The average Bonchev–Trinajstić information content (AvgIpc) is 3.59. The van der Waals surface area contributed by atoms with Crippen LogP contribution in [0.4, 0.5) is 24.9 Å². The first kappa shape index (κ1) is 32.0. The summed E-state index contributed by atoms with van der Waals surface area (Å²) in [5, 5.41) is 21.1. The van der Waals surface area contributed by atoms with Gasteiger partial charge in [-0.2, -0.15) is 23.4 Å². The van der Waals surface area contributed by atoms with E-state index < -0.39 is 12.6 Å². The lowest BCUT2D eigenvalue weighted by Crippen LogP contribution is -2.52. The van der Waals surface area contributed by atoms with Gasteiger partial charge in [0.15, 0.2) is 0 Å². The predicted molar refractivity (Wildman–Crippen MR) is 174 cm³/mol. The van der Waals surface area contributed by atoms with E-state index in [1.807, 2.05) is 22.5 Å². The summed E-state index contributed by atoms with van der Waals surface area (Å²) >= 11 is 1.05. The maximum atomic E-state index is 13.1. The number of piperidine rings is 1. The van der Waals surface area contributed by atoms with Gasteiger partial charge in [-0.3, -0.25) is 9.69 Å². The SMILES string of the molecule is CNc1nc(NC2CCN(Cc3ccc4c(cc(C#N)n4C[C@H](C)N4CCNCC4=O)c3C)CC2)c2cc(CC(F)(F)F)sc2n1. The van der Waals surface area contributed by atoms with E-state index in [1.165, 1.54) is 5.56 Å². The molecular formula is C32H38F3N9OS. The molecule has 6 rings (SSSR count). The van der Waals surface area contributed by atoms with E-state index in [0.717, 1.165) is 66.8 Å². The maximum absolute atomic E-state index is 13.1. The maximum Gasteiger partial charge on any atom is 0.393 e. The van der Waals surface area contributed by atoms with Gasteiger partial charge in [0.1, 0.15) is 22.4 Å². The van der Waals surface area contributed by atoms with Crippen molar-refractivity contribution in [3.63, 3.8) is 0 Å². The number of piperazine rings is 1. The van der Waals surface area contributed by atoms with Gasteiger partial charge < -0.3 is 25.4 Å². The minimum atomic E-state index is -4.28. The standard InChI is InChI=1S/C32H38F3N9OS/c1-19(43-11-8-38-16-28(43)45)17-44-23(15-36)12-25-20(2)21(4-5-27(25)44)18-42-9-6-22(7-10-42)39-29-26-13-24(14-32(33,34)35)46-30(26)41-31(37-3)40-29/h4-5,12-13,19,22,38H,6-11,14,16-18H2,1-3H3,(H2,37,39,40,41)/t19-/m0/s1. The molecule has 244 valence electrons. The number of rotatable bonds is 9. The van der Waals surface area contributed by atoms with Crippen molar-refractivity contribution >= 4 is 50.1 Å². The number of hydrogen-bond donors (Lipinski definition) is 3. The molecule has 5 heterocycles. The molecule has 1 amide bonds. The Morgan fingerprint density at radius 1 is 1.17 bits per heavy atom. The molecule has 2 saturated heterocycles. The summed E-state index contributed by atoms with van der Waals surface area (Å²) in [6, 6.07) is 10.2. The van der Waals surface area contributed by atoms with E-state index in [4.69, 9.17) is 0 Å². The molecule has 0 bridgehead atoms. The fourth-order valence-electron chi connectivity index (χ4n) is 6.58. The molecule has 0 aliphatic carbocycles. The van der Waals surface area contributed by atoms with Crippen LogP contribution in [0, 0.1) is 18.3 Å². The number of hydrogen-bond acceptors (Lipinski definition) is 9. The van der Waals surface area contributed by atoms with Crippen molar-refractivity contribution in [2.45, 2.75) is 64.5 Å². The van der Waals surface area contributed by atoms with Crippen molar-refractivity contribution in [2.75, 3.05) is 50.4 Å². The average molecular weight is 654 g/mol. The van der Waals surface area contributed by atoms with Gasteiger partial charge in [0.05, 0.1) is 18.4 Å². The van der Waals surface area contributed by atoms with Crippen LogP contribution in [0.5, 0.6) is 0 Å². The zero-order valence-electron chi connectivity index (χ0n) is 26.2. The van der Waals surface area contributed by atoms with Crippen molar-refractivity contribution in [3.8, 4) is 6.07 Å². The molecular weight excluding hydrogens is 615 g/mol. The third-order valence-electron chi connectivity index (χ3n) is 9.05. The Kier molecular flexibility index (Phi) is 9.09. The molecule has 3 aromatic heterocycles. The third-order valence-corrected chi connectivity index (χ3v) is 10.1. The molecule has 0 unspecified atom stereocenters. The van der Waals surface area contributed by atoms with Crippen LogP contribution in [-0.2, 0) is 24.3 Å². The number of aromatic nitrogens is 3. The third kappa shape index (κ3) is 6.77. The van der Waals surface area contributed by atoms with Gasteiger partial charge in [-0.1, -0.05) is 6.07 Å². The highest BCUT2D eigenvalue weighted by molar-refractivity contribution is 7.18. The lowest BCUT2D eigenvalue weighted by atomic mass is 10.0. The Labute approximate surface area is 269 Å². The number of alkyl halides is 3. The number of thiophene rings is 1. The molecule has 0 radical (unpaired) electrons. The largest absolute Gasteiger partial charge is 0.393 e. The quantitative estimate of drug-likeness (QED) is 0.235. The molecule has 10 nitrogen and oxygen atoms in total. The molecule has 0 spiro atoms. The summed E-state index contributed by atoms with van der Waals surface area (Å²) in [5.74, 6) is 1.02. The van der Waals surface area contributed by atoms with Gasteiger partial charge in [0.25, 0.3) is 0 Å². The summed E-state index contributed by atoms with van der Waals surface area (Å²) in [4.78, 5) is 26.4. The monoisotopic (exact) mass is 653 g/mol. The minimum absolute atomic E-state index is 0.0304. The summed E-state index contributed by atoms with van der Waals surface area (Å²) in [7, 11) is 1.69. The normalized spacial score (nSPS) is 17.5. The number of amides is 1. The fraction of sp³-hybridized carbons (Fsp3) is 0.500. The number of nitrogens with one attached hydrogen (secondary N) is 3. The zero-order valence-corrected chi connectivity index (χ0v) is 27.0. The van der Waals surface area contributed by atoms with Crippen LogP contribution in [0.3, 0.4) is 0 Å². The van der Waals surface area contributed by atoms with Crippen LogP contribution in [0.2, 0.25) is 0 Å². The van der Waals surface area contributed by atoms with Gasteiger partial charge in [0.2, 0.25) is 11.9 Å². The van der Waals surface area contributed by atoms with E-state index >= 15 is 0 Å². The Hall–Kier alpha value is -3.93. The summed E-state index contributed by atoms with van der Waals surface area (Å²) in [6.45, 7) is 8.96. The van der Waals surface area contributed by atoms with E-state index in [2.05, 4.69) is 55.9 Å². The molecule has 2 aliphatic heterocycles. The Balaban J connectivity index is 1.12. The van der Waals surface area contributed by atoms with Crippen LogP contribution in [0.15, 0.2) is 24.3 Å². The van der Waals surface area contributed by atoms with Crippen LogP contribution < -0.4 is 16.0 Å². The number of likely N-dealkylation sites (tertiary alicyclic amines) is 1. The van der Waals surface area contributed by atoms with E-state index in [-0.39, 0.29) is 22.9 Å². The molecule has 46 heavy (non-hydrogen) atoms. The molecule has 3 N–H and O–H groups in total.